The summed E-state index contributed by atoms with van der Waals surface area (Å²) in [6, 6.07) is 12.7. The molecule has 102 valence electrons. The minimum atomic E-state index is 0.261. The van der Waals surface area contributed by atoms with E-state index >= 15 is 0 Å². The van der Waals surface area contributed by atoms with E-state index in [-0.39, 0.29) is 6.04 Å². The van der Waals surface area contributed by atoms with E-state index in [0.29, 0.717) is 0 Å². The minimum absolute atomic E-state index is 0.261. The van der Waals surface area contributed by atoms with Crippen molar-refractivity contribution in [3.05, 3.63) is 53.9 Å². The Balaban J connectivity index is 2.03. The predicted molar refractivity (Wildman–Crippen MR) is 78.4 cm³/mol. The van der Waals surface area contributed by atoms with Crippen molar-refractivity contribution in [2.75, 3.05) is 7.11 Å². The van der Waals surface area contributed by atoms with Crippen LogP contribution in [0, 0.1) is 0 Å². The van der Waals surface area contributed by atoms with Crippen molar-refractivity contribution < 1.29 is 4.74 Å². The highest BCUT2D eigenvalue weighted by Gasteiger charge is 2.10. The molecular weight excluding hydrogens is 236 g/mol. The number of hydrogen-bond acceptors (Lipinski definition) is 2. The highest BCUT2D eigenvalue weighted by atomic mass is 16.5. The normalized spacial score (nSPS) is 12.4. The van der Waals surface area contributed by atoms with Gasteiger partial charge in [-0.25, -0.2) is 0 Å². The Morgan fingerprint density at radius 2 is 2.00 bits per heavy atom. The summed E-state index contributed by atoms with van der Waals surface area (Å²) in [7, 11) is 1.72. The summed E-state index contributed by atoms with van der Waals surface area (Å²) < 4.78 is 7.66. The molecule has 0 amide bonds. The van der Waals surface area contributed by atoms with E-state index in [1.807, 2.05) is 18.2 Å². The maximum absolute atomic E-state index is 5.40. The van der Waals surface area contributed by atoms with Crippen LogP contribution in [0.5, 0.6) is 5.75 Å². The van der Waals surface area contributed by atoms with Crippen LogP contribution in [0.15, 0.2) is 42.6 Å². The van der Waals surface area contributed by atoms with Gasteiger partial charge in [-0.1, -0.05) is 18.2 Å². The van der Waals surface area contributed by atoms with Gasteiger partial charge in [0.25, 0.3) is 0 Å². The molecule has 0 saturated carbocycles. The van der Waals surface area contributed by atoms with E-state index in [9.17, 15) is 0 Å². The summed E-state index contributed by atoms with van der Waals surface area (Å²) in [4.78, 5) is 0. The second-order valence-corrected chi connectivity index (χ2v) is 4.63. The second kappa shape index (κ2) is 6.43. The molecular formula is C16H22N2O. The van der Waals surface area contributed by atoms with Gasteiger partial charge in [0, 0.05) is 36.6 Å². The maximum Gasteiger partial charge on any atom is 0.123 e. The smallest absolute Gasteiger partial charge is 0.123 e. The summed E-state index contributed by atoms with van der Waals surface area (Å²) in [6.45, 7) is 6.19. The van der Waals surface area contributed by atoms with Gasteiger partial charge >= 0.3 is 0 Å². The fraction of sp³-hybridized carbons (Fsp3) is 0.375. The average Bonchev–Trinajstić information content (AvgIpc) is 2.92. The van der Waals surface area contributed by atoms with Gasteiger partial charge in [-0.3, -0.25) is 0 Å². The fourth-order valence-electron chi connectivity index (χ4n) is 2.31. The van der Waals surface area contributed by atoms with Crippen molar-refractivity contribution in [1.82, 2.24) is 9.88 Å². The highest BCUT2D eigenvalue weighted by molar-refractivity contribution is 5.35. The lowest BCUT2D eigenvalue weighted by Crippen LogP contribution is -2.20. The Morgan fingerprint density at radius 1 is 1.21 bits per heavy atom. The van der Waals surface area contributed by atoms with E-state index in [1.165, 1.54) is 11.3 Å². The van der Waals surface area contributed by atoms with E-state index in [1.54, 1.807) is 7.11 Å². The zero-order valence-electron chi connectivity index (χ0n) is 11.9. The molecule has 3 nitrogen and oxygen atoms in total. The van der Waals surface area contributed by atoms with E-state index in [2.05, 4.69) is 48.1 Å². The Kier molecular flexibility index (Phi) is 4.63. The molecule has 1 N–H and O–H groups in total. The molecule has 1 atom stereocenters. The van der Waals surface area contributed by atoms with Crippen LogP contribution in [-0.4, -0.2) is 11.7 Å². The summed E-state index contributed by atoms with van der Waals surface area (Å²) in [5.74, 6) is 0.938. The van der Waals surface area contributed by atoms with Gasteiger partial charge in [0.15, 0.2) is 0 Å². The zero-order chi connectivity index (χ0) is 13.7. The number of methoxy groups -OCH3 is 1. The molecule has 1 heterocycles. The topological polar surface area (TPSA) is 26.2 Å². The average molecular weight is 258 g/mol. The van der Waals surface area contributed by atoms with Crippen molar-refractivity contribution in [3.63, 3.8) is 0 Å². The van der Waals surface area contributed by atoms with Crippen LogP contribution < -0.4 is 10.1 Å². The Hall–Kier alpha value is -1.74. The van der Waals surface area contributed by atoms with Gasteiger partial charge in [0.2, 0.25) is 0 Å². The molecule has 19 heavy (non-hydrogen) atoms. The molecule has 0 unspecified atom stereocenters. The van der Waals surface area contributed by atoms with E-state index in [0.717, 1.165) is 18.8 Å². The van der Waals surface area contributed by atoms with Gasteiger partial charge < -0.3 is 14.6 Å². The van der Waals surface area contributed by atoms with Crippen molar-refractivity contribution >= 4 is 0 Å². The number of hydrogen-bond donors (Lipinski definition) is 1. The lowest BCUT2D eigenvalue weighted by molar-refractivity contribution is 0.401. The third kappa shape index (κ3) is 3.18. The Morgan fingerprint density at radius 3 is 2.74 bits per heavy atom. The molecule has 0 saturated heterocycles. The number of aryl methyl sites for hydroxylation is 1. The van der Waals surface area contributed by atoms with Crippen LogP contribution in [-0.2, 0) is 13.1 Å². The molecule has 0 aliphatic rings. The summed E-state index contributed by atoms with van der Waals surface area (Å²) in [5.41, 5.74) is 2.50. The number of ether oxygens (including phenoxy) is 1. The molecule has 0 radical (unpaired) electrons. The quantitative estimate of drug-likeness (QED) is 0.859. The van der Waals surface area contributed by atoms with Crippen LogP contribution in [0.2, 0.25) is 0 Å². The van der Waals surface area contributed by atoms with E-state index in [4.69, 9.17) is 4.74 Å². The largest absolute Gasteiger partial charge is 0.496 e. The molecule has 0 bridgehead atoms. The van der Waals surface area contributed by atoms with Gasteiger partial charge in [-0.15, -0.1) is 0 Å². The lowest BCUT2D eigenvalue weighted by atomic mass is 10.1. The maximum atomic E-state index is 5.40. The number of aromatic nitrogens is 1. The first-order valence-electron chi connectivity index (χ1n) is 6.76. The monoisotopic (exact) mass is 258 g/mol. The summed E-state index contributed by atoms with van der Waals surface area (Å²) in [5, 5.41) is 3.55. The molecule has 3 heteroatoms. The molecule has 1 aromatic carbocycles. The second-order valence-electron chi connectivity index (χ2n) is 4.63. The number of rotatable bonds is 6. The van der Waals surface area contributed by atoms with Gasteiger partial charge in [-0.2, -0.15) is 0 Å². The Labute approximate surface area is 115 Å². The van der Waals surface area contributed by atoms with E-state index < -0.39 is 0 Å². The standard InChI is InChI=1S/C16H22N2O/c1-4-18-11-7-8-14(18)12-17-13(2)15-9-5-6-10-16(15)19-3/h5-11,13,17H,4,12H2,1-3H3/t13-/m1/s1. The van der Waals surface area contributed by atoms with Crippen LogP contribution in [0.4, 0.5) is 0 Å². The number of benzene rings is 1. The van der Waals surface area contributed by atoms with Gasteiger partial charge in [0.1, 0.15) is 5.75 Å². The van der Waals surface area contributed by atoms with Crippen LogP contribution in [0.3, 0.4) is 0 Å². The lowest BCUT2D eigenvalue weighted by Gasteiger charge is -2.17. The summed E-state index contributed by atoms with van der Waals surface area (Å²) >= 11 is 0. The van der Waals surface area contributed by atoms with Crippen LogP contribution in [0.1, 0.15) is 31.1 Å². The van der Waals surface area contributed by atoms with Gasteiger partial charge in [-0.05, 0) is 32.0 Å². The molecule has 0 spiro atoms. The van der Waals surface area contributed by atoms with Crippen molar-refractivity contribution in [2.45, 2.75) is 33.0 Å². The minimum Gasteiger partial charge on any atom is -0.496 e. The predicted octanol–water partition coefficient (Wildman–Crippen LogP) is 3.37. The number of para-hydroxylation sites is 1. The third-order valence-corrected chi connectivity index (χ3v) is 3.46. The van der Waals surface area contributed by atoms with Crippen LogP contribution in [0.25, 0.3) is 0 Å². The molecule has 0 aliphatic heterocycles. The summed E-state index contributed by atoms with van der Waals surface area (Å²) in [6.07, 6.45) is 2.12. The van der Waals surface area contributed by atoms with Crippen molar-refractivity contribution in [1.29, 1.82) is 0 Å². The molecule has 1 aromatic heterocycles. The van der Waals surface area contributed by atoms with Crippen LogP contribution >= 0.6 is 0 Å². The third-order valence-electron chi connectivity index (χ3n) is 3.46. The SMILES string of the molecule is CCn1cccc1CN[C@H](C)c1ccccc1OC. The van der Waals surface area contributed by atoms with Crippen molar-refractivity contribution in [3.8, 4) is 5.75 Å². The first kappa shape index (κ1) is 13.7. The molecule has 0 fully saturated rings. The highest BCUT2D eigenvalue weighted by Crippen LogP contribution is 2.24. The Bertz CT molecular complexity index is 519. The first-order valence-corrected chi connectivity index (χ1v) is 6.76. The molecule has 0 aliphatic carbocycles. The first-order chi connectivity index (χ1) is 9.26. The fourth-order valence-corrected chi connectivity index (χ4v) is 2.31. The number of nitrogens with zero attached hydrogens (tertiary/aromatic N) is 1. The zero-order valence-corrected chi connectivity index (χ0v) is 11.9. The molecule has 2 rings (SSSR count). The number of nitrogens with one attached hydrogen (secondary N) is 1. The van der Waals surface area contributed by atoms with Crippen molar-refractivity contribution in [2.24, 2.45) is 0 Å². The molecule has 2 aromatic rings. The van der Waals surface area contributed by atoms with Gasteiger partial charge in [0.05, 0.1) is 7.11 Å².